The Labute approximate surface area is 188 Å². The van der Waals surface area contributed by atoms with Gasteiger partial charge >= 0.3 is 0 Å². The highest BCUT2D eigenvalue weighted by atomic mass is 32.1. The number of carbonyl (C=O) groups is 1. The first-order chi connectivity index (χ1) is 14.9. The van der Waals surface area contributed by atoms with Gasteiger partial charge in [0.2, 0.25) is 5.91 Å². The lowest BCUT2D eigenvalue weighted by molar-refractivity contribution is -0.116. The molecule has 2 N–H and O–H groups in total. The number of aryl methyl sites for hydroxylation is 2. The van der Waals surface area contributed by atoms with Crippen LogP contribution >= 0.6 is 12.2 Å². The highest BCUT2D eigenvalue weighted by Crippen LogP contribution is 2.38. The number of hydrogen-bond donors (Lipinski definition) is 2. The molecule has 0 aliphatic carbocycles. The molecule has 4 rings (SSSR count). The minimum Gasteiger partial charge on any atom is -0.352 e. The lowest BCUT2D eigenvalue weighted by atomic mass is 10.0. The normalized spacial score (nSPS) is 18.2. The van der Waals surface area contributed by atoms with Crippen LogP contribution in [-0.2, 0) is 11.8 Å². The number of hydrogen-bond acceptors (Lipinski definition) is 3. The SMILES string of the molecule is Cc1cccc(NC(=O)CCN2C(=S)N[C@@H](c3ccccn3)[C@H]2c2ccc(C)n2C)c1. The van der Waals surface area contributed by atoms with Crippen molar-refractivity contribution in [3.63, 3.8) is 0 Å². The molecule has 1 aliphatic rings. The van der Waals surface area contributed by atoms with Crippen LogP contribution in [0.4, 0.5) is 5.69 Å². The molecule has 0 spiro atoms. The van der Waals surface area contributed by atoms with Crippen molar-refractivity contribution in [3.8, 4) is 0 Å². The number of anilines is 1. The Morgan fingerprint density at radius 1 is 1.16 bits per heavy atom. The number of pyridine rings is 1. The summed E-state index contributed by atoms with van der Waals surface area (Å²) >= 11 is 5.69. The fraction of sp³-hybridized carbons (Fsp3) is 0.292. The molecule has 3 heterocycles. The fourth-order valence-electron chi connectivity index (χ4n) is 4.07. The van der Waals surface area contributed by atoms with Gasteiger partial charge in [-0.15, -0.1) is 0 Å². The van der Waals surface area contributed by atoms with Crippen LogP contribution in [-0.4, -0.2) is 32.0 Å². The second-order valence-corrected chi connectivity index (χ2v) is 8.33. The van der Waals surface area contributed by atoms with Crippen LogP contribution in [0, 0.1) is 13.8 Å². The molecule has 1 saturated heterocycles. The number of thiocarbonyl (C=S) groups is 1. The maximum Gasteiger partial charge on any atom is 0.226 e. The molecule has 1 aliphatic heterocycles. The van der Waals surface area contributed by atoms with Gasteiger partial charge in [0, 0.05) is 43.3 Å². The summed E-state index contributed by atoms with van der Waals surface area (Å²) in [5.74, 6) is -0.0310. The van der Waals surface area contributed by atoms with Crippen molar-refractivity contribution in [2.75, 3.05) is 11.9 Å². The summed E-state index contributed by atoms with van der Waals surface area (Å²) in [6.45, 7) is 4.61. The Morgan fingerprint density at radius 3 is 2.68 bits per heavy atom. The van der Waals surface area contributed by atoms with Gasteiger partial charge in [0.25, 0.3) is 0 Å². The second kappa shape index (κ2) is 8.89. The molecule has 7 heteroatoms. The fourth-order valence-corrected chi connectivity index (χ4v) is 4.40. The van der Waals surface area contributed by atoms with E-state index in [1.807, 2.05) is 49.4 Å². The number of rotatable bonds is 6. The van der Waals surface area contributed by atoms with Crippen LogP contribution in [0.1, 0.15) is 41.1 Å². The zero-order valence-electron chi connectivity index (χ0n) is 18.0. The number of benzene rings is 1. The van der Waals surface area contributed by atoms with Crippen molar-refractivity contribution >= 4 is 28.9 Å². The van der Waals surface area contributed by atoms with E-state index in [2.05, 4.69) is 51.2 Å². The first kappa shape index (κ1) is 21.1. The van der Waals surface area contributed by atoms with Crippen LogP contribution in [0.3, 0.4) is 0 Å². The van der Waals surface area contributed by atoms with Gasteiger partial charge < -0.3 is 20.1 Å². The predicted molar refractivity (Wildman–Crippen MR) is 127 cm³/mol. The minimum atomic E-state index is -0.0819. The van der Waals surface area contributed by atoms with Gasteiger partial charge in [-0.25, -0.2) is 0 Å². The summed E-state index contributed by atoms with van der Waals surface area (Å²) in [6.07, 6.45) is 2.13. The van der Waals surface area contributed by atoms with Crippen LogP contribution in [0.15, 0.2) is 60.8 Å². The van der Waals surface area contributed by atoms with Gasteiger partial charge in [0.05, 0.1) is 17.8 Å². The number of carbonyl (C=O) groups excluding carboxylic acids is 1. The van der Waals surface area contributed by atoms with Crippen molar-refractivity contribution in [3.05, 3.63) is 83.4 Å². The molecule has 1 amide bonds. The van der Waals surface area contributed by atoms with Gasteiger partial charge in [-0.1, -0.05) is 18.2 Å². The van der Waals surface area contributed by atoms with Gasteiger partial charge in [0.15, 0.2) is 5.11 Å². The summed E-state index contributed by atoms with van der Waals surface area (Å²) in [5.41, 5.74) is 5.16. The summed E-state index contributed by atoms with van der Waals surface area (Å²) in [7, 11) is 2.06. The van der Waals surface area contributed by atoms with Gasteiger partial charge in [0.1, 0.15) is 0 Å². The predicted octanol–water partition coefficient (Wildman–Crippen LogP) is 4.04. The highest BCUT2D eigenvalue weighted by molar-refractivity contribution is 7.80. The lowest BCUT2D eigenvalue weighted by Gasteiger charge is -2.28. The molecule has 6 nitrogen and oxygen atoms in total. The van der Waals surface area contributed by atoms with E-state index >= 15 is 0 Å². The van der Waals surface area contributed by atoms with Crippen LogP contribution in [0.25, 0.3) is 0 Å². The monoisotopic (exact) mass is 433 g/mol. The van der Waals surface area contributed by atoms with E-state index in [1.54, 1.807) is 6.20 Å². The molecule has 2 aromatic heterocycles. The molecular weight excluding hydrogens is 406 g/mol. The molecular formula is C24H27N5OS. The molecule has 0 bridgehead atoms. The van der Waals surface area contributed by atoms with E-state index < -0.39 is 0 Å². The maximum atomic E-state index is 12.6. The molecule has 1 fully saturated rings. The third kappa shape index (κ3) is 4.46. The van der Waals surface area contributed by atoms with E-state index in [0.717, 1.165) is 22.6 Å². The van der Waals surface area contributed by atoms with Crippen molar-refractivity contribution < 1.29 is 4.79 Å². The van der Waals surface area contributed by atoms with Crippen molar-refractivity contribution in [2.24, 2.45) is 7.05 Å². The van der Waals surface area contributed by atoms with Gasteiger partial charge in [-0.05, 0) is 68.0 Å². The van der Waals surface area contributed by atoms with Crippen molar-refractivity contribution in [1.29, 1.82) is 0 Å². The summed E-state index contributed by atoms with van der Waals surface area (Å²) in [4.78, 5) is 19.3. The van der Waals surface area contributed by atoms with Crippen LogP contribution < -0.4 is 10.6 Å². The number of nitrogens with zero attached hydrogens (tertiary/aromatic N) is 3. The number of nitrogens with one attached hydrogen (secondary N) is 2. The standard InChI is InChI=1S/C24H27N5OS/c1-16-7-6-8-18(15-16)26-21(30)12-14-29-23(20-11-10-17(2)28(20)3)22(27-24(29)31)19-9-4-5-13-25-19/h4-11,13,15,22-23H,12,14H2,1-3H3,(H,26,30)(H,27,31)/t22-,23+/m0/s1. The molecule has 0 radical (unpaired) electrons. The Morgan fingerprint density at radius 2 is 2.00 bits per heavy atom. The Kier molecular flexibility index (Phi) is 6.04. The van der Waals surface area contributed by atoms with E-state index in [-0.39, 0.29) is 18.0 Å². The van der Waals surface area contributed by atoms with Crippen LogP contribution in [0.2, 0.25) is 0 Å². The Hall–Kier alpha value is -3.19. The molecule has 1 aromatic carbocycles. The Bertz CT molecular complexity index is 1090. The second-order valence-electron chi connectivity index (χ2n) is 7.95. The molecule has 2 atom stereocenters. The number of amides is 1. The first-order valence-electron chi connectivity index (χ1n) is 10.4. The van der Waals surface area contributed by atoms with Gasteiger partial charge in [-0.2, -0.15) is 0 Å². The number of aromatic nitrogens is 2. The van der Waals surface area contributed by atoms with Crippen molar-refractivity contribution in [2.45, 2.75) is 32.4 Å². The largest absolute Gasteiger partial charge is 0.352 e. The molecule has 31 heavy (non-hydrogen) atoms. The smallest absolute Gasteiger partial charge is 0.226 e. The molecule has 3 aromatic rings. The molecule has 0 saturated carbocycles. The Balaban J connectivity index is 1.55. The quantitative estimate of drug-likeness (QED) is 0.575. The van der Waals surface area contributed by atoms with E-state index in [0.29, 0.717) is 18.1 Å². The average Bonchev–Trinajstić information content (AvgIpc) is 3.25. The molecule has 160 valence electrons. The summed E-state index contributed by atoms with van der Waals surface area (Å²) < 4.78 is 2.18. The maximum absolute atomic E-state index is 12.6. The topological polar surface area (TPSA) is 62.2 Å². The first-order valence-corrected chi connectivity index (χ1v) is 10.8. The zero-order valence-corrected chi connectivity index (χ0v) is 18.8. The third-order valence-electron chi connectivity index (χ3n) is 5.79. The minimum absolute atomic E-state index is 0.0310. The summed E-state index contributed by atoms with van der Waals surface area (Å²) in [6, 6.07) is 17.8. The average molecular weight is 434 g/mol. The van der Waals surface area contributed by atoms with Gasteiger partial charge in [-0.3, -0.25) is 9.78 Å². The van der Waals surface area contributed by atoms with Crippen molar-refractivity contribution in [1.82, 2.24) is 19.8 Å². The zero-order chi connectivity index (χ0) is 22.0. The summed E-state index contributed by atoms with van der Waals surface area (Å²) in [5, 5.41) is 7.07. The third-order valence-corrected chi connectivity index (χ3v) is 6.15. The lowest BCUT2D eigenvalue weighted by Crippen LogP contribution is -2.33. The highest BCUT2D eigenvalue weighted by Gasteiger charge is 2.41. The van der Waals surface area contributed by atoms with E-state index in [9.17, 15) is 4.79 Å². The van der Waals surface area contributed by atoms with Crippen LogP contribution in [0.5, 0.6) is 0 Å². The molecule has 0 unspecified atom stereocenters. The van der Waals surface area contributed by atoms with E-state index in [4.69, 9.17) is 12.2 Å². The van der Waals surface area contributed by atoms with E-state index in [1.165, 1.54) is 5.69 Å².